The second-order valence-corrected chi connectivity index (χ2v) is 3.42. The fraction of sp³-hybridized carbons (Fsp3) is 0.400. The largest absolute Gasteiger partial charge is 0.401 e. The highest BCUT2D eigenvalue weighted by atomic mass is 19.4. The van der Waals surface area contributed by atoms with Gasteiger partial charge in [0.25, 0.3) is 0 Å². The lowest BCUT2D eigenvalue weighted by molar-refractivity contribution is -0.125. The van der Waals surface area contributed by atoms with Gasteiger partial charge in [-0.2, -0.15) is 13.2 Å². The van der Waals surface area contributed by atoms with Crippen molar-refractivity contribution in [3.63, 3.8) is 0 Å². The summed E-state index contributed by atoms with van der Waals surface area (Å²) in [5.74, 6) is 0. The van der Waals surface area contributed by atoms with Gasteiger partial charge in [0.2, 0.25) is 0 Å². The molecule has 0 radical (unpaired) electrons. The van der Waals surface area contributed by atoms with Crippen molar-refractivity contribution in [2.75, 3.05) is 12.3 Å². The molecule has 0 saturated heterocycles. The third-order valence-electron chi connectivity index (χ3n) is 1.94. The van der Waals surface area contributed by atoms with E-state index in [4.69, 9.17) is 5.73 Å². The van der Waals surface area contributed by atoms with E-state index >= 15 is 0 Å². The van der Waals surface area contributed by atoms with E-state index in [1.54, 1.807) is 12.1 Å². The second-order valence-electron chi connectivity index (χ2n) is 3.42. The molecule has 3 N–H and O–H groups in total. The van der Waals surface area contributed by atoms with E-state index in [-0.39, 0.29) is 6.54 Å². The van der Waals surface area contributed by atoms with E-state index in [1.165, 1.54) is 0 Å². The number of rotatable bonds is 3. The van der Waals surface area contributed by atoms with Crippen molar-refractivity contribution in [3.8, 4) is 0 Å². The Morgan fingerprint density at radius 2 is 2.00 bits per heavy atom. The molecule has 0 bridgehead atoms. The predicted octanol–water partition coefficient (Wildman–Crippen LogP) is 2.23. The monoisotopic (exact) mass is 218 g/mol. The number of anilines is 1. The van der Waals surface area contributed by atoms with Crippen LogP contribution in [-0.2, 0) is 6.54 Å². The fourth-order valence-corrected chi connectivity index (χ4v) is 1.23. The summed E-state index contributed by atoms with van der Waals surface area (Å²) in [5.41, 5.74) is 7.80. The van der Waals surface area contributed by atoms with Gasteiger partial charge in [0, 0.05) is 12.2 Å². The van der Waals surface area contributed by atoms with E-state index in [2.05, 4.69) is 5.32 Å². The molecule has 0 heterocycles. The quantitative estimate of drug-likeness (QED) is 0.763. The van der Waals surface area contributed by atoms with E-state index in [0.717, 1.165) is 5.56 Å². The minimum absolute atomic E-state index is 0.132. The van der Waals surface area contributed by atoms with Gasteiger partial charge in [-0.25, -0.2) is 0 Å². The minimum atomic E-state index is -4.18. The molecule has 0 atom stereocenters. The molecule has 1 aromatic carbocycles. The van der Waals surface area contributed by atoms with Gasteiger partial charge in [-0.05, 0) is 18.6 Å². The summed E-state index contributed by atoms with van der Waals surface area (Å²) >= 11 is 0. The highest BCUT2D eigenvalue weighted by Crippen LogP contribution is 2.15. The van der Waals surface area contributed by atoms with E-state index in [1.807, 2.05) is 13.0 Å². The van der Waals surface area contributed by atoms with Crippen LogP contribution in [0, 0.1) is 6.92 Å². The van der Waals surface area contributed by atoms with Crippen molar-refractivity contribution in [2.24, 2.45) is 0 Å². The molecule has 0 fully saturated rings. The molecule has 0 saturated carbocycles. The summed E-state index contributed by atoms with van der Waals surface area (Å²) in [5, 5.41) is 2.30. The SMILES string of the molecule is Cc1ccc(N)c(CNCC(F)(F)F)c1. The molecule has 0 spiro atoms. The number of nitrogens with two attached hydrogens (primary N) is 1. The molecule has 5 heteroatoms. The number of halogens is 3. The zero-order valence-electron chi connectivity index (χ0n) is 8.36. The number of nitrogens with one attached hydrogen (secondary N) is 1. The van der Waals surface area contributed by atoms with Crippen LogP contribution in [0.1, 0.15) is 11.1 Å². The zero-order valence-corrected chi connectivity index (χ0v) is 8.36. The maximum absolute atomic E-state index is 11.8. The third kappa shape index (κ3) is 4.20. The molecule has 0 aliphatic heterocycles. The van der Waals surface area contributed by atoms with Gasteiger partial charge in [-0.3, -0.25) is 0 Å². The summed E-state index contributed by atoms with van der Waals surface area (Å²) in [7, 11) is 0. The van der Waals surface area contributed by atoms with Crippen molar-refractivity contribution >= 4 is 5.69 Å². The molecule has 0 amide bonds. The molecule has 84 valence electrons. The van der Waals surface area contributed by atoms with E-state index < -0.39 is 12.7 Å². The molecule has 0 aliphatic rings. The molecule has 0 aromatic heterocycles. The van der Waals surface area contributed by atoms with Crippen molar-refractivity contribution < 1.29 is 13.2 Å². The maximum atomic E-state index is 11.8. The van der Waals surface area contributed by atoms with Crippen LogP contribution in [0.25, 0.3) is 0 Å². The van der Waals surface area contributed by atoms with Gasteiger partial charge in [-0.15, -0.1) is 0 Å². The Morgan fingerprint density at radius 3 is 2.60 bits per heavy atom. The second kappa shape index (κ2) is 4.53. The Bertz CT molecular complexity index is 334. The lowest BCUT2D eigenvalue weighted by Gasteiger charge is -2.10. The van der Waals surface area contributed by atoms with Gasteiger partial charge in [0.1, 0.15) is 0 Å². The standard InChI is InChI=1S/C10H13F3N2/c1-7-2-3-9(14)8(4-7)5-15-6-10(11,12)13/h2-4,15H,5-6,14H2,1H3. The minimum Gasteiger partial charge on any atom is -0.398 e. The molecule has 0 unspecified atom stereocenters. The predicted molar refractivity (Wildman–Crippen MR) is 53.4 cm³/mol. The summed E-state index contributed by atoms with van der Waals surface area (Å²) in [4.78, 5) is 0. The normalized spacial score (nSPS) is 11.7. The smallest absolute Gasteiger partial charge is 0.398 e. The van der Waals surface area contributed by atoms with E-state index in [9.17, 15) is 13.2 Å². The molecular weight excluding hydrogens is 205 g/mol. The van der Waals surface area contributed by atoms with Crippen molar-refractivity contribution in [3.05, 3.63) is 29.3 Å². The average Bonchev–Trinajstić information content (AvgIpc) is 2.09. The molecule has 1 aromatic rings. The summed E-state index contributed by atoms with van der Waals surface area (Å²) in [6, 6.07) is 5.29. The number of nitrogen functional groups attached to an aromatic ring is 1. The van der Waals surface area contributed by atoms with Crippen molar-refractivity contribution in [2.45, 2.75) is 19.6 Å². The number of alkyl halides is 3. The Labute approximate surface area is 86.3 Å². The summed E-state index contributed by atoms with van der Waals surface area (Å²) in [6.45, 7) is 1.00. The first-order chi connectivity index (χ1) is 6.88. The number of hydrogen-bond acceptors (Lipinski definition) is 2. The topological polar surface area (TPSA) is 38.0 Å². The van der Waals surface area contributed by atoms with Crippen LogP contribution in [0.4, 0.5) is 18.9 Å². The number of hydrogen-bond donors (Lipinski definition) is 2. The van der Waals surface area contributed by atoms with Crippen LogP contribution in [-0.4, -0.2) is 12.7 Å². The Morgan fingerprint density at radius 1 is 1.33 bits per heavy atom. The first-order valence-corrected chi connectivity index (χ1v) is 4.51. The van der Waals surface area contributed by atoms with Crippen molar-refractivity contribution in [1.29, 1.82) is 0 Å². The molecule has 15 heavy (non-hydrogen) atoms. The van der Waals surface area contributed by atoms with Crippen LogP contribution in [0.15, 0.2) is 18.2 Å². The third-order valence-corrected chi connectivity index (χ3v) is 1.94. The van der Waals surface area contributed by atoms with Crippen molar-refractivity contribution in [1.82, 2.24) is 5.32 Å². The summed E-state index contributed by atoms with van der Waals surface area (Å²) < 4.78 is 35.5. The Balaban J connectivity index is 2.54. The molecule has 0 aliphatic carbocycles. The lowest BCUT2D eigenvalue weighted by atomic mass is 10.1. The summed E-state index contributed by atoms with van der Waals surface area (Å²) in [6.07, 6.45) is -4.18. The molecule has 2 nitrogen and oxygen atoms in total. The lowest BCUT2D eigenvalue weighted by Crippen LogP contribution is -2.28. The first-order valence-electron chi connectivity index (χ1n) is 4.51. The first kappa shape index (κ1) is 11.8. The number of aryl methyl sites for hydroxylation is 1. The average molecular weight is 218 g/mol. The maximum Gasteiger partial charge on any atom is 0.401 e. The fourth-order valence-electron chi connectivity index (χ4n) is 1.23. The Hall–Kier alpha value is -1.23. The van der Waals surface area contributed by atoms with Crippen LogP contribution >= 0.6 is 0 Å². The highest BCUT2D eigenvalue weighted by molar-refractivity contribution is 5.48. The van der Waals surface area contributed by atoms with E-state index in [0.29, 0.717) is 11.3 Å². The number of benzene rings is 1. The molecule has 1 rings (SSSR count). The molecular formula is C10H13F3N2. The van der Waals surface area contributed by atoms with Gasteiger partial charge < -0.3 is 11.1 Å². The Kier molecular flexibility index (Phi) is 3.57. The van der Waals surface area contributed by atoms with Gasteiger partial charge >= 0.3 is 6.18 Å². The van der Waals surface area contributed by atoms with Crippen LogP contribution in [0.3, 0.4) is 0 Å². The highest BCUT2D eigenvalue weighted by Gasteiger charge is 2.26. The van der Waals surface area contributed by atoms with Gasteiger partial charge in [0.15, 0.2) is 0 Å². The van der Waals surface area contributed by atoms with Gasteiger partial charge in [0.05, 0.1) is 6.54 Å². The van der Waals surface area contributed by atoms with Gasteiger partial charge in [-0.1, -0.05) is 17.7 Å². The van der Waals surface area contributed by atoms with Crippen LogP contribution in [0.5, 0.6) is 0 Å². The zero-order chi connectivity index (χ0) is 11.5. The van der Waals surface area contributed by atoms with Crippen LogP contribution < -0.4 is 11.1 Å². The van der Waals surface area contributed by atoms with Crippen LogP contribution in [0.2, 0.25) is 0 Å².